The molecule has 3 N–H and O–H groups in total. The number of halogens is 5. The number of phenols is 1. The summed E-state index contributed by atoms with van der Waals surface area (Å²) < 4.78 is 54.7. The number of hydrazone groups is 1. The van der Waals surface area contributed by atoms with Crippen LogP contribution in [0.3, 0.4) is 0 Å². The van der Waals surface area contributed by atoms with Crippen molar-refractivity contribution >= 4 is 46.3 Å². The second kappa shape index (κ2) is 10.5. The van der Waals surface area contributed by atoms with Gasteiger partial charge in [0.15, 0.2) is 5.71 Å². The van der Waals surface area contributed by atoms with Gasteiger partial charge in [-0.3, -0.25) is 15.1 Å². The minimum absolute atomic E-state index is 0.0258. The van der Waals surface area contributed by atoms with Crippen molar-refractivity contribution in [3.63, 3.8) is 0 Å². The highest BCUT2D eigenvalue weighted by Crippen LogP contribution is 2.42. The lowest BCUT2D eigenvalue weighted by atomic mass is 10.0. The van der Waals surface area contributed by atoms with Gasteiger partial charge in [0.1, 0.15) is 17.3 Å². The first kappa shape index (κ1) is 28.6. The molecule has 7 nitrogen and oxygen atoms in total. The van der Waals surface area contributed by atoms with Crippen molar-refractivity contribution in [1.29, 1.82) is 0 Å². The van der Waals surface area contributed by atoms with Gasteiger partial charge in [-0.15, -0.1) is 0 Å². The fraction of sp³-hybridized carbons (Fsp3) is 0.100. The molecule has 0 radical (unpaired) electrons. The number of nitrogens with zero attached hydrogens (tertiary/aromatic N) is 2. The molecular formula is C30H20ClF4N3O4. The van der Waals surface area contributed by atoms with Crippen LogP contribution in [-0.4, -0.2) is 27.8 Å². The van der Waals surface area contributed by atoms with E-state index >= 15 is 0 Å². The van der Waals surface area contributed by atoms with Crippen LogP contribution >= 0.6 is 11.6 Å². The molecule has 0 atom stereocenters. The lowest BCUT2D eigenvalue weighted by molar-refractivity contribution is -0.137. The highest BCUT2D eigenvalue weighted by molar-refractivity contribution is 6.55. The number of hydrogen-bond acceptors (Lipinski definition) is 5. The topological polar surface area (TPSA) is 102 Å². The van der Waals surface area contributed by atoms with Crippen LogP contribution in [-0.2, 0) is 11.0 Å². The molecule has 0 aliphatic carbocycles. The number of nitrogens with one attached hydrogen (secondary N) is 1. The number of rotatable bonds is 5. The maximum absolute atomic E-state index is 13.9. The lowest BCUT2D eigenvalue weighted by Gasteiger charge is -2.19. The van der Waals surface area contributed by atoms with Crippen molar-refractivity contribution in [3.05, 3.63) is 105 Å². The van der Waals surface area contributed by atoms with Crippen molar-refractivity contribution in [1.82, 2.24) is 0 Å². The summed E-state index contributed by atoms with van der Waals surface area (Å²) in [7, 11) is 0. The van der Waals surface area contributed by atoms with E-state index in [4.69, 9.17) is 11.6 Å². The summed E-state index contributed by atoms with van der Waals surface area (Å²) >= 11 is 6.23. The number of fused-ring (bicyclic) bond motifs is 1. The van der Waals surface area contributed by atoms with E-state index in [1.165, 1.54) is 18.2 Å². The number of aryl methyl sites for hydroxylation is 2. The third kappa shape index (κ3) is 5.14. The quantitative estimate of drug-likeness (QED) is 0.124. The number of aromatic carboxylic acids is 1. The van der Waals surface area contributed by atoms with Crippen molar-refractivity contribution in [2.45, 2.75) is 20.0 Å². The zero-order chi connectivity index (χ0) is 30.5. The van der Waals surface area contributed by atoms with Crippen LogP contribution in [0.25, 0.3) is 11.1 Å². The SMILES string of the molecule is Cc1ccc(N2C(=O)C(=NNc3cc(Cl)cc(-c4ccc(F)c(C(=O)O)c4)c3O)c3ccc(C(F)(F)F)cc32)cc1C. The number of anilines is 3. The Morgan fingerprint density at radius 3 is 2.36 bits per heavy atom. The molecule has 4 aromatic rings. The number of alkyl halides is 3. The van der Waals surface area contributed by atoms with E-state index in [9.17, 15) is 37.4 Å². The summed E-state index contributed by atoms with van der Waals surface area (Å²) in [5, 5.41) is 24.4. The average molecular weight is 598 g/mol. The fourth-order valence-electron chi connectivity index (χ4n) is 4.53. The molecule has 0 saturated heterocycles. The van der Waals surface area contributed by atoms with Crippen LogP contribution in [0.5, 0.6) is 5.75 Å². The molecule has 0 bridgehead atoms. The van der Waals surface area contributed by atoms with Gasteiger partial charge in [-0.2, -0.15) is 18.3 Å². The Morgan fingerprint density at radius 1 is 0.952 bits per heavy atom. The summed E-state index contributed by atoms with van der Waals surface area (Å²) in [6.07, 6.45) is -4.66. The molecule has 1 heterocycles. The van der Waals surface area contributed by atoms with Crippen LogP contribution in [0.4, 0.5) is 34.6 Å². The second-order valence-electron chi connectivity index (χ2n) is 9.56. The summed E-state index contributed by atoms with van der Waals surface area (Å²) in [6, 6.07) is 13.7. The summed E-state index contributed by atoms with van der Waals surface area (Å²) in [4.78, 5) is 26.1. The van der Waals surface area contributed by atoms with Gasteiger partial charge in [0.25, 0.3) is 5.91 Å². The minimum atomic E-state index is -4.66. The summed E-state index contributed by atoms with van der Waals surface area (Å²) in [6.45, 7) is 3.67. The van der Waals surface area contributed by atoms with Crippen LogP contribution in [0, 0.1) is 19.7 Å². The Morgan fingerprint density at radius 2 is 1.69 bits per heavy atom. The third-order valence-electron chi connectivity index (χ3n) is 6.85. The molecule has 0 fully saturated rings. The third-order valence-corrected chi connectivity index (χ3v) is 7.06. The van der Waals surface area contributed by atoms with Crippen molar-refractivity contribution < 1.29 is 37.4 Å². The Labute approximate surface area is 241 Å². The fourth-order valence-corrected chi connectivity index (χ4v) is 4.75. The molecule has 1 amide bonds. The second-order valence-corrected chi connectivity index (χ2v) is 10.00. The van der Waals surface area contributed by atoms with E-state index in [0.717, 1.165) is 46.4 Å². The van der Waals surface area contributed by atoms with Crippen molar-refractivity contribution in [2.75, 3.05) is 10.3 Å². The first-order valence-electron chi connectivity index (χ1n) is 12.3. The predicted molar refractivity (Wildman–Crippen MR) is 150 cm³/mol. The molecular weight excluding hydrogens is 578 g/mol. The molecule has 1 aliphatic heterocycles. The number of carbonyl (C=O) groups is 2. The number of phenolic OH excluding ortho intramolecular Hbond substituents is 1. The van der Waals surface area contributed by atoms with E-state index in [-0.39, 0.29) is 38.8 Å². The Balaban J connectivity index is 1.59. The smallest absolute Gasteiger partial charge is 0.416 e. The highest BCUT2D eigenvalue weighted by Gasteiger charge is 2.39. The predicted octanol–water partition coefficient (Wildman–Crippen LogP) is 7.68. The number of benzene rings is 4. The van der Waals surface area contributed by atoms with Gasteiger partial charge in [-0.05, 0) is 85.1 Å². The molecule has 1 aliphatic rings. The zero-order valence-corrected chi connectivity index (χ0v) is 22.6. The molecule has 0 spiro atoms. The van der Waals surface area contributed by atoms with E-state index in [1.54, 1.807) is 18.2 Å². The maximum Gasteiger partial charge on any atom is 0.416 e. The largest absolute Gasteiger partial charge is 0.505 e. The number of carboxylic acids is 1. The van der Waals surface area contributed by atoms with Crippen LogP contribution < -0.4 is 10.3 Å². The first-order chi connectivity index (χ1) is 19.8. The Bertz CT molecular complexity index is 1820. The molecule has 0 saturated carbocycles. The standard InChI is InChI=1S/C30H20ClF4N3O4/c1-14-3-6-19(9-15(14)2)38-25-11-17(30(33,34)35)5-7-20(25)26(28(38)40)37-36-24-13-18(31)12-21(27(24)39)16-4-8-23(32)22(10-16)29(41)42/h3-13,36,39H,1-2H3,(H,41,42). The number of carbonyl (C=O) groups excluding carboxylic acids is 1. The van der Waals surface area contributed by atoms with Gasteiger partial charge in [-0.25, -0.2) is 9.18 Å². The molecule has 5 rings (SSSR count). The monoisotopic (exact) mass is 597 g/mol. The number of carboxylic acid groups (broad SMARTS) is 1. The van der Waals surface area contributed by atoms with Gasteiger partial charge in [0, 0.05) is 21.8 Å². The lowest BCUT2D eigenvalue weighted by Crippen LogP contribution is -2.26. The Kier molecular flexibility index (Phi) is 7.15. The Hall–Kier alpha value is -4.90. The number of amides is 1. The van der Waals surface area contributed by atoms with Crippen molar-refractivity contribution in [3.8, 4) is 16.9 Å². The normalized spacial score (nSPS) is 13.9. The van der Waals surface area contributed by atoms with Gasteiger partial charge >= 0.3 is 12.1 Å². The van der Waals surface area contributed by atoms with Crippen LogP contribution in [0.15, 0.2) is 71.8 Å². The maximum atomic E-state index is 13.9. The molecule has 0 aromatic heterocycles. The van der Waals surface area contributed by atoms with Gasteiger partial charge < -0.3 is 10.2 Å². The van der Waals surface area contributed by atoms with E-state index in [1.807, 2.05) is 13.8 Å². The van der Waals surface area contributed by atoms with Gasteiger partial charge in [0.2, 0.25) is 0 Å². The van der Waals surface area contributed by atoms with E-state index < -0.39 is 40.7 Å². The van der Waals surface area contributed by atoms with Crippen LogP contribution in [0.2, 0.25) is 5.02 Å². The minimum Gasteiger partial charge on any atom is -0.505 e. The van der Waals surface area contributed by atoms with Crippen LogP contribution in [0.1, 0.15) is 32.6 Å². The number of hydrogen-bond donors (Lipinski definition) is 3. The van der Waals surface area contributed by atoms with E-state index in [0.29, 0.717) is 5.69 Å². The van der Waals surface area contributed by atoms with Gasteiger partial charge in [-0.1, -0.05) is 23.7 Å². The number of aromatic hydroxyl groups is 1. The zero-order valence-electron chi connectivity index (χ0n) is 21.8. The molecule has 4 aromatic carbocycles. The molecule has 42 heavy (non-hydrogen) atoms. The first-order valence-corrected chi connectivity index (χ1v) is 12.7. The van der Waals surface area contributed by atoms with Gasteiger partial charge in [0.05, 0.1) is 16.8 Å². The summed E-state index contributed by atoms with van der Waals surface area (Å²) in [5.74, 6) is -3.65. The molecule has 214 valence electrons. The molecule has 12 heteroatoms. The van der Waals surface area contributed by atoms with E-state index in [2.05, 4.69) is 10.5 Å². The average Bonchev–Trinajstić information content (AvgIpc) is 3.20. The summed E-state index contributed by atoms with van der Waals surface area (Å²) in [5.41, 5.74) is 3.00. The van der Waals surface area contributed by atoms with Crippen molar-refractivity contribution in [2.24, 2.45) is 5.10 Å². The highest BCUT2D eigenvalue weighted by atomic mass is 35.5. The molecule has 0 unspecified atom stereocenters.